The first kappa shape index (κ1) is 22.1. The van der Waals surface area contributed by atoms with Crippen molar-refractivity contribution in [2.75, 3.05) is 39.1 Å². The Morgan fingerprint density at radius 1 is 1.28 bits per heavy atom. The molecule has 1 aromatic carbocycles. The van der Waals surface area contributed by atoms with Gasteiger partial charge in [0.25, 0.3) is 5.91 Å². The van der Waals surface area contributed by atoms with E-state index in [1.54, 1.807) is 4.90 Å². The second kappa shape index (κ2) is 8.64. The molecule has 0 aliphatic carbocycles. The molecule has 2 fully saturated rings. The molecule has 29 heavy (non-hydrogen) atoms. The zero-order valence-electron chi connectivity index (χ0n) is 16.0. The summed E-state index contributed by atoms with van der Waals surface area (Å²) in [5.74, 6) is -1.29. The molecule has 2 saturated heterocycles. The van der Waals surface area contributed by atoms with Crippen molar-refractivity contribution < 1.29 is 30.8 Å². The van der Waals surface area contributed by atoms with Gasteiger partial charge < -0.3 is 4.74 Å². The van der Waals surface area contributed by atoms with Crippen molar-refractivity contribution in [3.63, 3.8) is 0 Å². The summed E-state index contributed by atoms with van der Waals surface area (Å²) in [6, 6.07) is 3.18. The number of carbonyl (C=O) groups excluding carboxylic acids is 1. The summed E-state index contributed by atoms with van der Waals surface area (Å²) in [6.45, 7) is 0.728. The summed E-state index contributed by atoms with van der Waals surface area (Å²) < 4.78 is 71.4. The van der Waals surface area contributed by atoms with Crippen LogP contribution in [0.25, 0.3) is 0 Å². The Kier molecular flexibility index (Phi) is 6.58. The highest BCUT2D eigenvalue weighted by atomic mass is 32.2. The average molecular weight is 450 g/mol. The standard InChI is InChI=1S/C17H24FN3O6S2/c1-27-9-2-7-21-17(22)16-11-14(12-20(16)8-10-28(21,23)24)19-29(25,26)15-5-3-13(18)4-6-15/h3-6,14,16,19H,2,7-12H2,1H3/t14-,16-/m0/s1. The lowest BCUT2D eigenvalue weighted by atomic mass is 10.1. The minimum absolute atomic E-state index is 0.0331. The van der Waals surface area contributed by atoms with Crippen molar-refractivity contribution in [3.8, 4) is 0 Å². The van der Waals surface area contributed by atoms with Crippen LogP contribution in [0.4, 0.5) is 4.39 Å². The van der Waals surface area contributed by atoms with Crippen LogP contribution >= 0.6 is 0 Å². The molecule has 0 radical (unpaired) electrons. The molecule has 1 amide bonds. The Labute approximate surface area is 169 Å². The molecular weight excluding hydrogens is 425 g/mol. The number of fused-ring (bicyclic) bond motifs is 1. The third kappa shape index (κ3) is 4.94. The van der Waals surface area contributed by atoms with Crippen LogP contribution in [0.3, 0.4) is 0 Å². The van der Waals surface area contributed by atoms with Gasteiger partial charge in [-0.15, -0.1) is 0 Å². The largest absolute Gasteiger partial charge is 0.385 e. The predicted octanol–water partition coefficient (Wildman–Crippen LogP) is -0.245. The minimum Gasteiger partial charge on any atom is -0.385 e. The van der Waals surface area contributed by atoms with Gasteiger partial charge in [-0.2, -0.15) is 0 Å². The fourth-order valence-electron chi connectivity index (χ4n) is 3.64. The number of ether oxygens (including phenoxy) is 1. The van der Waals surface area contributed by atoms with E-state index in [1.807, 2.05) is 0 Å². The Morgan fingerprint density at radius 3 is 2.62 bits per heavy atom. The van der Waals surface area contributed by atoms with Crippen LogP contribution in [-0.4, -0.2) is 83.1 Å². The maximum Gasteiger partial charge on any atom is 0.253 e. The fourth-order valence-corrected chi connectivity index (χ4v) is 6.37. The molecule has 2 atom stereocenters. The Hall–Kier alpha value is -1.60. The molecule has 9 nitrogen and oxygen atoms in total. The molecule has 1 aromatic rings. The summed E-state index contributed by atoms with van der Waals surface area (Å²) in [7, 11) is -6.11. The molecule has 0 saturated carbocycles. The zero-order chi connectivity index (χ0) is 21.2. The number of amides is 1. The van der Waals surface area contributed by atoms with Gasteiger partial charge in [-0.25, -0.2) is 30.3 Å². The maximum absolute atomic E-state index is 13.1. The number of carbonyl (C=O) groups is 1. The van der Waals surface area contributed by atoms with E-state index in [-0.39, 0.29) is 36.7 Å². The zero-order valence-corrected chi connectivity index (χ0v) is 17.6. The highest BCUT2D eigenvalue weighted by Gasteiger charge is 2.45. The van der Waals surface area contributed by atoms with Crippen molar-refractivity contribution >= 4 is 26.0 Å². The van der Waals surface area contributed by atoms with Gasteiger partial charge in [0.05, 0.1) is 16.7 Å². The molecular formula is C17H24FN3O6S2. The van der Waals surface area contributed by atoms with Crippen LogP contribution in [0.2, 0.25) is 0 Å². The van der Waals surface area contributed by atoms with Crippen molar-refractivity contribution in [1.29, 1.82) is 0 Å². The molecule has 0 spiro atoms. The van der Waals surface area contributed by atoms with E-state index >= 15 is 0 Å². The van der Waals surface area contributed by atoms with Crippen LogP contribution in [0.5, 0.6) is 0 Å². The molecule has 0 bridgehead atoms. The molecule has 1 N–H and O–H groups in total. The van der Waals surface area contributed by atoms with Gasteiger partial charge in [0.15, 0.2) is 0 Å². The van der Waals surface area contributed by atoms with Gasteiger partial charge in [0.2, 0.25) is 20.0 Å². The Bertz CT molecular complexity index is 952. The SMILES string of the molecule is COCCCN1C(=O)[C@@H]2C[C@H](NS(=O)(=O)c3ccc(F)cc3)CN2CCS1(=O)=O. The van der Waals surface area contributed by atoms with Gasteiger partial charge in [-0.3, -0.25) is 9.69 Å². The van der Waals surface area contributed by atoms with E-state index in [0.29, 0.717) is 13.0 Å². The number of nitrogens with one attached hydrogen (secondary N) is 1. The lowest BCUT2D eigenvalue weighted by molar-refractivity contribution is -0.130. The average Bonchev–Trinajstić information content (AvgIpc) is 3.02. The van der Waals surface area contributed by atoms with Crippen LogP contribution in [0.15, 0.2) is 29.2 Å². The normalized spacial score (nSPS) is 25.0. The summed E-state index contributed by atoms with van der Waals surface area (Å²) in [5, 5.41) is 0. The van der Waals surface area contributed by atoms with Gasteiger partial charge in [-0.1, -0.05) is 0 Å². The number of hydrogen-bond donors (Lipinski definition) is 1. The quantitative estimate of drug-likeness (QED) is 0.572. The molecule has 0 aromatic heterocycles. The first-order valence-electron chi connectivity index (χ1n) is 9.19. The van der Waals surface area contributed by atoms with Crippen molar-refractivity contribution in [2.45, 2.75) is 29.8 Å². The molecule has 12 heteroatoms. The van der Waals surface area contributed by atoms with E-state index in [4.69, 9.17) is 4.74 Å². The van der Waals surface area contributed by atoms with Gasteiger partial charge >= 0.3 is 0 Å². The topological polar surface area (TPSA) is 113 Å². The fraction of sp³-hybridized carbons (Fsp3) is 0.588. The maximum atomic E-state index is 13.1. The number of halogens is 1. The van der Waals surface area contributed by atoms with Crippen LogP contribution in [-0.2, 0) is 29.6 Å². The monoisotopic (exact) mass is 449 g/mol. The van der Waals surface area contributed by atoms with E-state index in [2.05, 4.69) is 4.72 Å². The number of rotatable bonds is 7. The molecule has 3 rings (SSSR count). The van der Waals surface area contributed by atoms with Crippen molar-refractivity contribution in [1.82, 2.24) is 13.9 Å². The van der Waals surface area contributed by atoms with Crippen molar-refractivity contribution in [3.05, 3.63) is 30.1 Å². The first-order valence-corrected chi connectivity index (χ1v) is 12.3. The molecule has 2 aliphatic rings. The van der Waals surface area contributed by atoms with E-state index < -0.39 is 43.9 Å². The highest BCUT2D eigenvalue weighted by molar-refractivity contribution is 7.89. The van der Waals surface area contributed by atoms with Crippen LogP contribution < -0.4 is 4.72 Å². The van der Waals surface area contributed by atoms with E-state index in [9.17, 15) is 26.0 Å². The highest BCUT2D eigenvalue weighted by Crippen LogP contribution is 2.26. The number of benzene rings is 1. The Morgan fingerprint density at radius 2 is 1.97 bits per heavy atom. The summed E-state index contributed by atoms with van der Waals surface area (Å²) >= 11 is 0. The molecule has 0 unspecified atom stereocenters. The van der Waals surface area contributed by atoms with E-state index in [0.717, 1.165) is 16.4 Å². The van der Waals surface area contributed by atoms with Crippen LogP contribution in [0, 0.1) is 5.82 Å². The number of sulfonamides is 2. The lowest BCUT2D eigenvalue weighted by Gasteiger charge is -2.23. The molecule has 2 aliphatic heterocycles. The summed E-state index contributed by atoms with van der Waals surface area (Å²) in [5.41, 5.74) is 0. The summed E-state index contributed by atoms with van der Waals surface area (Å²) in [4.78, 5) is 14.5. The number of methoxy groups -OCH3 is 1. The van der Waals surface area contributed by atoms with Gasteiger partial charge in [-0.05, 0) is 37.1 Å². The summed E-state index contributed by atoms with van der Waals surface area (Å²) in [6.07, 6.45) is 0.546. The van der Waals surface area contributed by atoms with Crippen LogP contribution in [0.1, 0.15) is 12.8 Å². The second-order valence-corrected chi connectivity index (χ2v) is 10.8. The predicted molar refractivity (Wildman–Crippen MR) is 102 cm³/mol. The molecule has 162 valence electrons. The lowest BCUT2D eigenvalue weighted by Crippen LogP contribution is -2.44. The minimum atomic E-state index is -3.89. The second-order valence-electron chi connectivity index (χ2n) is 7.09. The number of hydrogen-bond acceptors (Lipinski definition) is 7. The van der Waals surface area contributed by atoms with Gasteiger partial charge in [0, 0.05) is 39.4 Å². The smallest absolute Gasteiger partial charge is 0.253 e. The van der Waals surface area contributed by atoms with Gasteiger partial charge in [0.1, 0.15) is 5.82 Å². The Balaban J connectivity index is 1.73. The third-order valence-electron chi connectivity index (χ3n) is 5.06. The molecule has 2 heterocycles. The van der Waals surface area contributed by atoms with E-state index in [1.165, 1.54) is 19.2 Å². The first-order chi connectivity index (χ1) is 13.6. The van der Waals surface area contributed by atoms with Crippen molar-refractivity contribution in [2.24, 2.45) is 0 Å². The number of nitrogens with zero attached hydrogens (tertiary/aromatic N) is 2. The third-order valence-corrected chi connectivity index (χ3v) is 8.33.